The molecule has 0 radical (unpaired) electrons. The number of aliphatic imine (C=N–C) groups is 1. The lowest BCUT2D eigenvalue weighted by atomic mass is 10.1. The third-order valence-corrected chi connectivity index (χ3v) is 4.13. The van der Waals surface area contributed by atoms with Crippen molar-refractivity contribution >= 4 is 6.21 Å². The van der Waals surface area contributed by atoms with E-state index in [0.717, 1.165) is 37.4 Å². The Hall–Kier alpha value is -1.95. The maximum Gasteiger partial charge on any atom is 0.139 e. The van der Waals surface area contributed by atoms with E-state index in [1.807, 2.05) is 17.5 Å². The van der Waals surface area contributed by atoms with Gasteiger partial charge in [0.25, 0.3) is 0 Å². The quantitative estimate of drug-likeness (QED) is 0.839. The lowest BCUT2D eigenvalue weighted by Crippen LogP contribution is -2.43. The molecule has 0 spiro atoms. The van der Waals surface area contributed by atoms with Crippen molar-refractivity contribution < 1.29 is 4.84 Å². The first kappa shape index (κ1) is 15.0. The summed E-state index contributed by atoms with van der Waals surface area (Å²) < 4.78 is 0. The smallest absolute Gasteiger partial charge is 0.139 e. The molecule has 0 amide bonds. The molecule has 0 aromatic carbocycles. The minimum Gasteiger partial charge on any atom is -0.383 e. The maximum atomic E-state index is 5.36. The summed E-state index contributed by atoms with van der Waals surface area (Å²) in [6, 6.07) is 0. The number of likely N-dealkylation sites (N-methyl/N-ethyl adjacent to an activating group) is 1. The lowest BCUT2D eigenvalue weighted by Gasteiger charge is -2.40. The van der Waals surface area contributed by atoms with Crippen LogP contribution in [0.25, 0.3) is 0 Å². The van der Waals surface area contributed by atoms with Crippen LogP contribution in [0.4, 0.5) is 0 Å². The highest BCUT2D eigenvalue weighted by Gasteiger charge is 2.35. The molecule has 3 aliphatic heterocycles. The zero-order chi connectivity index (χ0) is 15.7. The average Bonchev–Trinajstić information content (AvgIpc) is 2.94. The van der Waals surface area contributed by atoms with Crippen LogP contribution in [0.5, 0.6) is 0 Å². The van der Waals surface area contributed by atoms with Gasteiger partial charge in [-0.1, -0.05) is 6.92 Å². The van der Waals surface area contributed by atoms with E-state index in [9.17, 15) is 0 Å². The predicted molar refractivity (Wildman–Crippen MR) is 87.4 cm³/mol. The van der Waals surface area contributed by atoms with Crippen LogP contribution in [0, 0.1) is 0 Å². The van der Waals surface area contributed by atoms with Crippen molar-refractivity contribution in [1.29, 1.82) is 0 Å². The number of nitrogens with one attached hydrogen (secondary N) is 1. The lowest BCUT2D eigenvalue weighted by molar-refractivity contribution is -0.0971. The Morgan fingerprint density at radius 2 is 2.18 bits per heavy atom. The highest BCUT2D eigenvalue weighted by atomic mass is 16.7. The molecule has 3 aliphatic rings. The van der Waals surface area contributed by atoms with Gasteiger partial charge in [-0.3, -0.25) is 4.84 Å². The Balaban J connectivity index is 2.02. The molecule has 0 unspecified atom stereocenters. The Kier molecular flexibility index (Phi) is 4.11. The van der Waals surface area contributed by atoms with E-state index < -0.39 is 0 Å². The number of allylic oxidation sites excluding steroid dienone is 1. The second-order valence-corrected chi connectivity index (χ2v) is 5.76. The summed E-state index contributed by atoms with van der Waals surface area (Å²) >= 11 is 0. The van der Waals surface area contributed by atoms with Crippen molar-refractivity contribution in [2.24, 2.45) is 4.99 Å². The van der Waals surface area contributed by atoms with E-state index in [4.69, 9.17) is 9.83 Å². The Morgan fingerprint density at radius 1 is 1.36 bits per heavy atom. The first-order valence-electron chi connectivity index (χ1n) is 7.97. The van der Waals surface area contributed by atoms with E-state index in [1.54, 1.807) is 7.11 Å². The first-order valence-corrected chi connectivity index (χ1v) is 7.97. The monoisotopic (exact) mass is 303 g/mol. The van der Waals surface area contributed by atoms with Crippen molar-refractivity contribution in [2.75, 3.05) is 33.4 Å². The van der Waals surface area contributed by atoms with Crippen LogP contribution in [-0.2, 0) is 4.84 Å². The van der Waals surface area contributed by atoms with Gasteiger partial charge in [-0.15, -0.1) is 0 Å². The number of rotatable bonds is 5. The van der Waals surface area contributed by atoms with Gasteiger partial charge in [0.05, 0.1) is 30.9 Å². The molecule has 0 aromatic heterocycles. The molecule has 0 fully saturated rings. The average molecular weight is 303 g/mol. The predicted octanol–water partition coefficient (Wildman–Crippen LogP) is 1.83. The van der Waals surface area contributed by atoms with Crippen molar-refractivity contribution in [2.45, 2.75) is 27.2 Å². The van der Waals surface area contributed by atoms with E-state index in [0.29, 0.717) is 6.67 Å². The summed E-state index contributed by atoms with van der Waals surface area (Å²) in [5, 5.41) is 5.32. The molecule has 0 saturated carbocycles. The van der Waals surface area contributed by atoms with Crippen molar-refractivity contribution in [1.82, 2.24) is 20.2 Å². The molecule has 6 nitrogen and oxygen atoms in total. The fourth-order valence-corrected chi connectivity index (χ4v) is 3.20. The van der Waals surface area contributed by atoms with Gasteiger partial charge >= 0.3 is 0 Å². The van der Waals surface area contributed by atoms with Gasteiger partial charge < -0.3 is 15.1 Å². The highest BCUT2D eigenvalue weighted by molar-refractivity contribution is 5.82. The van der Waals surface area contributed by atoms with Crippen LogP contribution in [-0.4, -0.2) is 54.5 Å². The second-order valence-electron chi connectivity index (χ2n) is 5.76. The van der Waals surface area contributed by atoms with Crippen LogP contribution >= 0.6 is 0 Å². The summed E-state index contributed by atoms with van der Waals surface area (Å²) in [6.07, 6.45) is 5.04. The topological polar surface area (TPSA) is 43.3 Å². The van der Waals surface area contributed by atoms with E-state index in [-0.39, 0.29) is 0 Å². The number of fused-ring (bicyclic) bond motifs is 2. The molecule has 0 aliphatic carbocycles. The normalized spacial score (nSPS) is 20.5. The van der Waals surface area contributed by atoms with Crippen molar-refractivity contribution in [3.05, 3.63) is 34.7 Å². The maximum absolute atomic E-state index is 5.36. The molecule has 0 bridgehead atoms. The standard InChI is InChI=1S/C16H25N5O/c1-5-7-19-9-12(3)14(17-6-2)15-16(19)21-11-20(22-4)10-13(21)8-18-15/h8,10,17H,5-7,9,11H2,1-4H3. The van der Waals surface area contributed by atoms with E-state index in [2.05, 4.69) is 35.9 Å². The van der Waals surface area contributed by atoms with Gasteiger partial charge in [-0.05, 0) is 25.8 Å². The number of hydrogen-bond acceptors (Lipinski definition) is 6. The minimum atomic E-state index is 0.704. The van der Waals surface area contributed by atoms with Crippen LogP contribution in [0.15, 0.2) is 39.7 Å². The highest BCUT2D eigenvalue weighted by Crippen LogP contribution is 2.35. The summed E-state index contributed by atoms with van der Waals surface area (Å²) in [5.41, 5.74) is 4.66. The van der Waals surface area contributed by atoms with Crippen molar-refractivity contribution in [3.8, 4) is 0 Å². The van der Waals surface area contributed by atoms with Gasteiger partial charge in [0, 0.05) is 19.6 Å². The molecule has 120 valence electrons. The van der Waals surface area contributed by atoms with Crippen LogP contribution in [0.1, 0.15) is 27.2 Å². The van der Waals surface area contributed by atoms with Crippen LogP contribution in [0.2, 0.25) is 0 Å². The van der Waals surface area contributed by atoms with Gasteiger partial charge in [0.15, 0.2) is 0 Å². The summed E-state index contributed by atoms with van der Waals surface area (Å²) in [5.74, 6) is 1.19. The minimum absolute atomic E-state index is 0.704. The first-order chi connectivity index (χ1) is 10.7. The van der Waals surface area contributed by atoms with E-state index >= 15 is 0 Å². The largest absolute Gasteiger partial charge is 0.383 e. The SMILES string of the molecule is CCCN1CC(C)=C(NCC)C2=C1N1CN(OC)C=C1C=N2. The Labute approximate surface area is 132 Å². The van der Waals surface area contributed by atoms with E-state index in [1.165, 1.54) is 17.1 Å². The summed E-state index contributed by atoms with van der Waals surface area (Å²) in [6.45, 7) is 10.1. The van der Waals surface area contributed by atoms with Gasteiger partial charge in [0.1, 0.15) is 18.2 Å². The molecule has 0 saturated heterocycles. The molecular weight excluding hydrogens is 278 g/mol. The van der Waals surface area contributed by atoms with Crippen LogP contribution < -0.4 is 5.32 Å². The van der Waals surface area contributed by atoms with Gasteiger partial charge in [0.2, 0.25) is 0 Å². The molecule has 0 atom stereocenters. The molecule has 1 N–H and O–H groups in total. The molecule has 3 rings (SSSR count). The molecule has 3 heterocycles. The number of nitrogens with zero attached hydrogens (tertiary/aromatic N) is 4. The summed E-state index contributed by atoms with van der Waals surface area (Å²) in [4.78, 5) is 14.8. The fraction of sp³-hybridized carbons (Fsp3) is 0.562. The molecule has 22 heavy (non-hydrogen) atoms. The zero-order valence-electron chi connectivity index (χ0n) is 13.9. The third kappa shape index (κ3) is 2.37. The zero-order valence-corrected chi connectivity index (χ0v) is 13.9. The van der Waals surface area contributed by atoms with Gasteiger partial charge in [-0.25, -0.2) is 10.1 Å². The Morgan fingerprint density at radius 3 is 2.86 bits per heavy atom. The van der Waals surface area contributed by atoms with Crippen molar-refractivity contribution in [3.63, 3.8) is 0 Å². The Bertz CT molecular complexity index is 575. The number of hydrogen-bond donors (Lipinski definition) is 1. The summed E-state index contributed by atoms with van der Waals surface area (Å²) in [7, 11) is 1.70. The molecule has 6 heteroatoms. The van der Waals surface area contributed by atoms with Gasteiger partial charge in [-0.2, -0.15) is 0 Å². The molecular formula is C16H25N5O. The van der Waals surface area contributed by atoms with Crippen LogP contribution in [0.3, 0.4) is 0 Å². The fourth-order valence-electron chi connectivity index (χ4n) is 3.20. The third-order valence-electron chi connectivity index (χ3n) is 4.13. The number of hydroxylamine groups is 2. The second kappa shape index (κ2) is 6.04. The molecule has 0 aromatic rings.